The van der Waals surface area contributed by atoms with Gasteiger partial charge in [0.25, 0.3) is 0 Å². The fourth-order valence-electron chi connectivity index (χ4n) is 1.50. The first kappa shape index (κ1) is 14.7. The number of benzene rings is 1. The van der Waals surface area contributed by atoms with Gasteiger partial charge in [0.2, 0.25) is 10.0 Å². The first-order valence-corrected chi connectivity index (χ1v) is 8.48. The van der Waals surface area contributed by atoms with E-state index in [1.165, 1.54) is 0 Å². The van der Waals surface area contributed by atoms with E-state index in [1.807, 2.05) is 0 Å². The van der Waals surface area contributed by atoms with E-state index >= 15 is 0 Å². The summed E-state index contributed by atoms with van der Waals surface area (Å²) in [7, 11) is -3.52. The second-order valence-corrected chi connectivity index (χ2v) is 7.25. The molecule has 8 heteroatoms. The summed E-state index contributed by atoms with van der Waals surface area (Å²) in [5.74, 6) is 0. The van der Waals surface area contributed by atoms with E-state index in [2.05, 4.69) is 41.7 Å². The van der Waals surface area contributed by atoms with Crippen molar-refractivity contribution >= 4 is 41.9 Å². The maximum Gasteiger partial charge on any atom is 0.241 e. The topological polar surface area (TPSA) is 64.0 Å². The fraction of sp³-hybridized carbons (Fsp3) is 0.182. The van der Waals surface area contributed by atoms with Gasteiger partial charge in [0.05, 0.1) is 11.4 Å². The summed E-state index contributed by atoms with van der Waals surface area (Å²) < 4.78 is 29.8. The number of nitrogens with one attached hydrogen (secondary N) is 1. The van der Waals surface area contributed by atoms with Gasteiger partial charge in [-0.15, -0.1) is 0 Å². The lowest BCUT2D eigenvalue weighted by Crippen LogP contribution is -2.27. The molecule has 0 aliphatic heterocycles. The number of nitrogens with zero attached hydrogens (tertiary/aromatic N) is 2. The van der Waals surface area contributed by atoms with Crippen LogP contribution in [0, 0.1) is 0 Å². The molecule has 19 heavy (non-hydrogen) atoms. The predicted molar refractivity (Wildman–Crippen MR) is 79.3 cm³/mol. The Balaban J connectivity index is 2.05. The van der Waals surface area contributed by atoms with Gasteiger partial charge in [0.15, 0.2) is 0 Å². The monoisotopic (exact) mass is 407 g/mol. The minimum Gasteiger partial charge on any atom is -0.271 e. The Morgan fingerprint density at radius 1 is 1.32 bits per heavy atom. The summed E-state index contributed by atoms with van der Waals surface area (Å²) >= 11 is 6.53. The molecule has 2 aromatic rings. The van der Waals surface area contributed by atoms with Crippen molar-refractivity contribution in [1.82, 2.24) is 14.5 Å². The molecule has 0 fully saturated rings. The Morgan fingerprint density at radius 3 is 2.74 bits per heavy atom. The molecule has 1 aromatic carbocycles. The highest BCUT2D eigenvalue weighted by Crippen LogP contribution is 2.25. The van der Waals surface area contributed by atoms with E-state index in [9.17, 15) is 8.42 Å². The lowest BCUT2D eigenvalue weighted by molar-refractivity contribution is 0.560. The summed E-state index contributed by atoms with van der Waals surface area (Å²) in [6.45, 7) is 0.771. The minimum atomic E-state index is -3.52. The second-order valence-electron chi connectivity index (χ2n) is 3.74. The average Bonchev–Trinajstić information content (AvgIpc) is 2.81. The van der Waals surface area contributed by atoms with Crippen LogP contribution >= 0.6 is 31.9 Å². The van der Waals surface area contributed by atoms with Crippen LogP contribution in [0.15, 0.2) is 50.5 Å². The van der Waals surface area contributed by atoms with Crippen molar-refractivity contribution in [2.75, 3.05) is 6.54 Å². The molecule has 0 saturated heterocycles. The smallest absolute Gasteiger partial charge is 0.241 e. The molecular formula is C11H11Br2N3O2S. The molecule has 2 rings (SSSR count). The third kappa shape index (κ3) is 3.88. The van der Waals surface area contributed by atoms with Crippen LogP contribution in [0.2, 0.25) is 0 Å². The highest BCUT2D eigenvalue weighted by molar-refractivity contribution is 9.11. The maximum absolute atomic E-state index is 12.1. The van der Waals surface area contributed by atoms with E-state index in [1.54, 1.807) is 41.3 Å². The Bertz CT molecular complexity index is 657. The summed E-state index contributed by atoms with van der Waals surface area (Å²) in [6, 6.07) is 6.72. The lowest BCUT2D eigenvalue weighted by Gasteiger charge is -2.08. The summed E-state index contributed by atoms with van der Waals surface area (Å²) in [5.41, 5.74) is 0. The Labute approximate surface area is 128 Å². The number of rotatable bonds is 5. The van der Waals surface area contributed by atoms with Crippen LogP contribution in [-0.4, -0.2) is 24.7 Å². The zero-order valence-electron chi connectivity index (χ0n) is 9.75. The van der Waals surface area contributed by atoms with Crippen LogP contribution in [0.3, 0.4) is 0 Å². The van der Waals surface area contributed by atoms with Crippen molar-refractivity contribution < 1.29 is 8.42 Å². The normalized spacial score (nSPS) is 11.7. The first-order chi connectivity index (χ1) is 8.99. The van der Waals surface area contributed by atoms with Crippen LogP contribution in [0.5, 0.6) is 0 Å². The van der Waals surface area contributed by atoms with Crippen LogP contribution in [0.25, 0.3) is 0 Å². The molecule has 0 atom stereocenters. The standard InChI is InChI=1S/C11H11Br2N3O2S/c12-9-2-3-11(10(13)8-9)19(17,18)15-5-7-16-6-1-4-14-16/h1-4,6,8,15H,5,7H2. The molecule has 0 aliphatic carbocycles. The van der Waals surface area contributed by atoms with Gasteiger partial charge in [0.1, 0.15) is 0 Å². The molecule has 0 radical (unpaired) electrons. The number of sulfonamides is 1. The van der Waals surface area contributed by atoms with Gasteiger partial charge < -0.3 is 0 Å². The van der Waals surface area contributed by atoms with Gasteiger partial charge in [-0.05, 0) is 40.2 Å². The highest BCUT2D eigenvalue weighted by Gasteiger charge is 2.17. The predicted octanol–water partition coefficient (Wildman–Crippen LogP) is 2.39. The van der Waals surface area contributed by atoms with Crippen molar-refractivity contribution in [3.05, 3.63) is 45.6 Å². The molecule has 102 valence electrons. The maximum atomic E-state index is 12.1. The van der Waals surface area contributed by atoms with Gasteiger partial charge in [-0.3, -0.25) is 4.68 Å². The molecule has 0 bridgehead atoms. The number of hydrogen-bond acceptors (Lipinski definition) is 3. The van der Waals surface area contributed by atoms with E-state index in [0.29, 0.717) is 11.0 Å². The van der Waals surface area contributed by atoms with Crippen molar-refractivity contribution in [2.45, 2.75) is 11.4 Å². The first-order valence-electron chi connectivity index (χ1n) is 5.41. The van der Waals surface area contributed by atoms with Crippen LogP contribution in [0.4, 0.5) is 0 Å². The van der Waals surface area contributed by atoms with Crippen molar-refractivity contribution in [3.63, 3.8) is 0 Å². The molecule has 0 aliphatic rings. The molecule has 1 N–H and O–H groups in total. The minimum absolute atomic E-state index is 0.219. The molecular weight excluding hydrogens is 398 g/mol. The molecule has 0 spiro atoms. The number of hydrogen-bond donors (Lipinski definition) is 1. The third-order valence-corrected chi connectivity index (χ3v) is 5.31. The van der Waals surface area contributed by atoms with Crippen LogP contribution < -0.4 is 4.72 Å². The molecule has 1 heterocycles. The van der Waals surface area contributed by atoms with Gasteiger partial charge in [-0.2, -0.15) is 5.10 Å². The number of halogens is 2. The zero-order valence-corrected chi connectivity index (χ0v) is 13.7. The summed E-state index contributed by atoms with van der Waals surface area (Å²) in [4.78, 5) is 0.219. The van der Waals surface area contributed by atoms with Crippen LogP contribution in [0.1, 0.15) is 0 Å². The van der Waals surface area contributed by atoms with Gasteiger partial charge >= 0.3 is 0 Å². The molecule has 0 amide bonds. The van der Waals surface area contributed by atoms with Crippen molar-refractivity contribution in [3.8, 4) is 0 Å². The van der Waals surface area contributed by atoms with Crippen LogP contribution in [-0.2, 0) is 16.6 Å². The van der Waals surface area contributed by atoms with E-state index in [4.69, 9.17) is 0 Å². The van der Waals surface area contributed by atoms with Crippen molar-refractivity contribution in [2.24, 2.45) is 0 Å². The summed E-state index contributed by atoms with van der Waals surface area (Å²) in [5, 5.41) is 4.00. The van der Waals surface area contributed by atoms with Gasteiger partial charge in [0, 0.05) is 27.9 Å². The number of aromatic nitrogens is 2. The third-order valence-electron chi connectivity index (χ3n) is 2.38. The molecule has 0 saturated carbocycles. The largest absolute Gasteiger partial charge is 0.271 e. The zero-order chi connectivity index (χ0) is 13.9. The van der Waals surface area contributed by atoms with E-state index < -0.39 is 10.0 Å². The Morgan fingerprint density at radius 2 is 2.11 bits per heavy atom. The van der Waals surface area contributed by atoms with E-state index in [0.717, 1.165) is 4.47 Å². The van der Waals surface area contributed by atoms with E-state index in [-0.39, 0.29) is 11.4 Å². The Hall–Kier alpha value is -0.700. The quantitative estimate of drug-likeness (QED) is 0.825. The van der Waals surface area contributed by atoms with Gasteiger partial charge in [-0.25, -0.2) is 13.1 Å². The average molecular weight is 409 g/mol. The SMILES string of the molecule is O=S(=O)(NCCn1cccn1)c1ccc(Br)cc1Br. The molecule has 1 aromatic heterocycles. The second kappa shape index (κ2) is 6.17. The van der Waals surface area contributed by atoms with Gasteiger partial charge in [-0.1, -0.05) is 15.9 Å². The van der Waals surface area contributed by atoms with Crippen molar-refractivity contribution in [1.29, 1.82) is 0 Å². The fourth-order valence-corrected chi connectivity index (χ4v) is 4.26. The summed E-state index contributed by atoms with van der Waals surface area (Å²) in [6.07, 6.45) is 3.43. The highest BCUT2D eigenvalue weighted by atomic mass is 79.9. The Kier molecular flexibility index (Phi) is 4.77. The molecule has 0 unspecified atom stereocenters. The molecule has 5 nitrogen and oxygen atoms in total. The lowest BCUT2D eigenvalue weighted by atomic mass is 10.4.